The summed E-state index contributed by atoms with van der Waals surface area (Å²) in [5, 5.41) is 3.91. The number of alkyl halides is 1. The Labute approximate surface area is 148 Å². The molecule has 0 atom stereocenters. The molecule has 0 aromatic heterocycles. The van der Waals surface area contributed by atoms with Gasteiger partial charge in [0.1, 0.15) is 8.07 Å². The first-order valence-electron chi connectivity index (χ1n) is 7.93. The van der Waals surface area contributed by atoms with Gasteiger partial charge in [-0.15, -0.1) is 0 Å². The van der Waals surface area contributed by atoms with Crippen molar-refractivity contribution in [3.8, 4) is 11.1 Å². The van der Waals surface area contributed by atoms with Crippen molar-refractivity contribution < 1.29 is 0 Å². The smallest absolute Gasteiger partial charge is 0.0876 e. The van der Waals surface area contributed by atoms with Crippen molar-refractivity contribution in [3.63, 3.8) is 0 Å². The Kier molecular flexibility index (Phi) is 4.84. The van der Waals surface area contributed by atoms with Gasteiger partial charge in [-0.2, -0.15) is 0 Å². The maximum Gasteiger partial charge on any atom is 0.112 e. The van der Waals surface area contributed by atoms with E-state index in [4.69, 9.17) is 0 Å². The zero-order valence-corrected chi connectivity index (χ0v) is 16.2. The van der Waals surface area contributed by atoms with E-state index in [-0.39, 0.29) is 0 Å². The Bertz CT molecular complexity index is 776. The van der Waals surface area contributed by atoms with Crippen LogP contribution >= 0.6 is 15.9 Å². The largest absolute Gasteiger partial charge is 0.112 e. The van der Waals surface area contributed by atoms with Gasteiger partial charge in [0.2, 0.25) is 0 Å². The van der Waals surface area contributed by atoms with Crippen molar-refractivity contribution in [2.45, 2.75) is 18.4 Å². The molecule has 3 aromatic carbocycles. The lowest BCUT2D eigenvalue weighted by molar-refractivity contribution is 1.46. The van der Waals surface area contributed by atoms with Crippen LogP contribution in [0.15, 0.2) is 78.9 Å². The molecule has 0 saturated carbocycles. The van der Waals surface area contributed by atoms with Gasteiger partial charge >= 0.3 is 0 Å². The molecule has 0 aliphatic carbocycles. The first kappa shape index (κ1) is 16.2. The number of hydrogen-bond acceptors (Lipinski definition) is 0. The molecule has 0 aliphatic heterocycles. The second-order valence-corrected chi connectivity index (χ2v) is 11.3. The van der Waals surface area contributed by atoms with Gasteiger partial charge in [-0.25, -0.2) is 0 Å². The van der Waals surface area contributed by atoms with E-state index in [1.54, 1.807) is 0 Å². The highest BCUT2D eigenvalue weighted by atomic mass is 79.9. The fourth-order valence-electron chi connectivity index (χ4n) is 3.11. The van der Waals surface area contributed by atoms with E-state index in [0.717, 1.165) is 5.33 Å². The van der Waals surface area contributed by atoms with Crippen molar-refractivity contribution in [2.75, 3.05) is 0 Å². The van der Waals surface area contributed by atoms with Crippen LogP contribution in [-0.2, 0) is 5.33 Å². The topological polar surface area (TPSA) is 0 Å². The molecule has 0 unspecified atom stereocenters. The van der Waals surface area contributed by atoms with Crippen molar-refractivity contribution >= 4 is 34.4 Å². The molecule has 0 radical (unpaired) electrons. The number of rotatable bonds is 4. The zero-order chi connectivity index (χ0) is 16.3. The minimum Gasteiger partial charge on any atom is -0.0876 e. The summed E-state index contributed by atoms with van der Waals surface area (Å²) in [6.45, 7) is 4.87. The minimum absolute atomic E-state index is 0.918. The molecule has 0 fully saturated rings. The normalized spacial score (nSPS) is 11.4. The summed E-state index contributed by atoms with van der Waals surface area (Å²) < 4.78 is 0. The van der Waals surface area contributed by atoms with Crippen molar-refractivity contribution in [1.82, 2.24) is 0 Å². The third-order valence-corrected chi connectivity index (χ3v) is 8.76. The molecule has 23 heavy (non-hydrogen) atoms. The van der Waals surface area contributed by atoms with Crippen LogP contribution in [0.25, 0.3) is 11.1 Å². The highest BCUT2D eigenvalue weighted by Gasteiger charge is 2.27. The average molecular weight is 381 g/mol. The summed E-state index contributed by atoms with van der Waals surface area (Å²) in [6.07, 6.45) is 0. The number of halogens is 1. The predicted octanol–water partition coefficient (Wildman–Crippen LogP) is 5.07. The van der Waals surface area contributed by atoms with Crippen LogP contribution in [-0.4, -0.2) is 8.07 Å². The highest BCUT2D eigenvalue weighted by molar-refractivity contribution is 9.08. The number of benzene rings is 3. The third kappa shape index (κ3) is 3.33. The molecular formula is C21H21BrSi. The van der Waals surface area contributed by atoms with E-state index in [9.17, 15) is 0 Å². The van der Waals surface area contributed by atoms with Crippen LogP contribution in [0.1, 0.15) is 5.56 Å². The molecule has 3 rings (SSSR count). The number of hydrogen-bond donors (Lipinski definition) is 0. The summed E-state index contributed by atoms with van der Waals surface area (Å²) in [6, 6.07) is 28.6. The van der Waals surface area contributed by atoms with Gasteiger partial charge < -0.3 is 0 Å². The Morgan fingerprint density at radius 1 is 0.696 bits per heavy atom. The Morgan fingerprint density at radius 3 is 1.91 bits per heavy atom. The average Bonchev–Trinajstić information content (AvgIpc) is 2.62. The second-order valence-electron chi connectivity index (χ2n) is 6.36. The lowest BCUT2D eigenvalue weighted by atomic mass is 10.1. The summed E-state index contributed by atoms with van der Waals surface area (Å²) >= 11 is 3.64. The van der Waals surface area contributed by atoms with Crippen LogP contribution in [0, 0.1) is 0 Å². The first-order chi connectivity index (χ1) is 11.1. The summed E-state index contributed by atoms with van der Waals surface area (Å²) in [7, 11) is -1.67. The molecule has 0 nitrogen and oxygen atoms in total. The van der Waals surface area contributed by atoms with E-state index >= 15 is 0 Å². The fraction of sp³-hybridized carbons (Fsp3) is 0.143. The SMILES string of the molecule is C[Si](C)(c1ccc(-c2ccccc2)cc1)c1ccccc1CBr. The zero-order valence-electron chi connectivity index (χ0n) is 13.6. The molecule has 0 amide bonds. The lowest BCUT2D eigenvalue weighted by Gasteiger charge is -2.26. The first-order valence-corrected chi connectivity index (χ1v) is 12.1. The van der Waals surface area contributed by atoms with Crippen LogP contribution in [0.5, 0.6) is 0 Å². The maximum atomic E-state index is 3.64. The summed E-state index contributed by atoms with van der Waals surface area (Å²) in [4.78, 5) is 0. The van der Waals surface area contributed by atoms with Gasteiger partial charge in [-0.1, -0.05) is 118 Å². The Morgan fingerprint density at radius 2 is 1.26 bits per heavy atom. The molecule has 0 saturated heterocycles. The minimum atomic E-state index is -1.67. The molecule has 0 spiro atoms. The second kappa shape index (κ2) is 6.86. The Hall–Kier alpha value is -1.64. The van der Waals surface area contributed by atoms with E-state index in [0.29, 0.717) is 0 Å². The van der Waals surface area contributed by atoms with Crippen molar-refractivity contribution in [2.24, 2.45) is 0 Å². The monoisotopic (exact) mass is 380 g/mol. The van der Waals surface area contributed by atoms with Crippen LogP contribution in [0.2, 0.25) is 13.1 Å². The van der Waals surface area contributed by atoms with E-state index in [1.807, 2.05) is 0 Å². The van der Waals surface area contributed by atoms with Gasteiger partial charge in [0.05, 0.1) is 0 Å². The van der Waals surface area contributed by atoms with Gasteiger partial charge in [0, 0.05) is 5.33 Å². The molecule has 116 valence electrons. The molecular weight excluding hydrogens is 360 g/mol. The van der Waals surface area contributed by atoms with Crippen molar-refractivity contribution in [1.29, 1.82) is 0 Å². The van der Waals surface area contributed by atoms with Crippen LogP contribution in [0.4, 0.5) is 0 Å². The molecule has 0 bridgehead atoms. The van der Waals surface area contributed by atoms with Gasteiger partial charge in [0.25, 0.3) is 0 Å². The summed E-state index contributed by atoms with van der Waals surface area (Å²) in [5.41, 5.74) is 3.98. The fourth-order valence-corrected chi connectivity index (χ4v) is 6.66. The molecule has 0 heterocycles. The van der Waals surface area contributed by atoms with Crippen LogP contribution < -0.4 is 10.4 Å². The van der Waals surface area contributed by atoms with Gasteiger partial charge in [-0.3, -0.25) is 0 Å². The summed E-state index contributed by atoms with van der Waals surface area (Å²) in [5.74, 6) is 0. The van der Waals surface area contributed by atoms with Crippen molar-refractivity contribution in [3.05, 3.63) is 84.4 Å². The van der Waals surface area contributed by atoms with Gasteiger partial charge in [-0.05, 0) is 16.7 Å². The van der Waals surface area contributed by atoms with Gasteiger partial charge in [0.15, 0.2) is 0 Å². The maximum absolute atomic E-state index is 3.64. The highest BCUT2D eigenvalue weighted by Crippen LogP contribution is 2.19. The van der Waals surface area contributed by atoms with E-state index < -0.39 is 8.07 Å². The lowest BCUT2D eigenvalue weighted by Crippen LogP contribution is -2.54. The van der Waals surface area contributed by atoms with E-state index in [1.165, 1.54) is 27.1 Å². The predicted molar refractivity (Wildman–Crippen MR) is 108 cm³/mol. The quantitative estimate of drug-likeness (QED) is 0.437. The molecule has 0 N–H and O–H groups in total. The van der Waals surface area contributed by atoms with Crippen LogP contribution in [0.3, 0.4) is 0 Å². The molecule has 0 aliphatic rings. The standard InChI is InChI=1S/C21H21BrSi/c1-23(2,21-11-7-6-10-19(21)16-22)20-14-12-18(13-15-20)17-8-4-3-5-9-17/h3-15H,16H2,1-2H3. The third-order valence-electron chi connectivity index (χ3n) is 4.55. The molecule has 3 aromatic rings. The Balaban J connectivity index is 1.98. The van der Waals surface area contributed by atoms with E-state index in [2.05, 4.69) is 108 Å². The molecule has 2 heteroatoms.